The number of amides is 1. The normalized spacial score (nSPS) is 26.0. The molecule has 6 heteroatoms. The highest BCUT2D eigenvalue weighted by atomic mass is 32.2. The van der Waals surface area contributed by atoms with Crippen LogP contribution < -0.4 is 0 Å². The zero-order valence-electron chi connectivity index (χ0n) is 10.1. The molecule has 0 aliphatic carbocycles. The molecule has 2 aliphatic rings. The van der Waals surface area contributed by atoms with Crippen molar-refractivity contribution < 1.29 is 9.90 Å². The number of hydrogen-bond donors (Lipinski definition) is 1. The number of β-lactam (4-membered cyclic amide) rings is 1. The molecule has 1 N–H and O–H groups in total. The van der Waals surface area contributed by atoms with Gasteiger partial charge in [-0.1, -0.05) is 25.1 Å². The number of carbonyl (C=O) groups excluding carboxylic acids is 1. The Balaban J connectivity index is 1.76. The Hall–Kier alpha value is -1.27. The molecule has 3 heterocycles. The smallest absolute Gasteiger partial charge is 0.236 e. The van der Waals surface area contributed by atoms with Gasteiger partial charge in [-0.15, -0.1) is 0 Å². The number of carbonyl (C=O) groups is 1. The first-order chi connectivity index (χ1) is 8.74. The highest BCUT2D eigenvalue weighted by Crippen LogP contribution is 2.46. The van der Waals surface area contributed by atoms with Crippen LogP contribution in [0.25, 0.3) is 5.03 Å². The maximum Gasteiger partial charge on any atom is 0.236 e. The number of thioether (sulfide) groups is 1. The molecular weight excluding hydrogens is 250 g/mol. The number of aromatic nitrogens is 2. The van der Waals surface area contributed by atoms with Gasteiger partial charge in [-0.05, 0) is 6.42 Å². The van der Waals surface area contributed by atoms with Crippen molar-refractivity contribution in [3.63, 3.8) is 0 Å². The van der Waals surface area contributed by atoms with Crippen LogP contribution in [-0.2, 0) is 11.2 Å². The lowest BCUT2D eigenvalue weighted by atomic mass is 10.0. The molecule has 1 saturated heterocycles. The second kappa shape index (κ2) is 4.44. The summed E-state index contributed by atoms with van der Waals surface area (Å²) in [5.41, 5.74) is 1.07. The van der Waals surface area contributed by atoms with Crippen molar-refractivity contribution in [1.29, 1.82) is 0 Å². The van der Waals surface area contributed by atoms with E-state index in [-0.39, 0.29) is 23.8 Å². The second-order valence-corrected chi connectivity index (χ2v) is 5.67. The SMILES string of the molecule is CCCc1cn(C2=CN3C(=O)[C@H](CO)[C@H]3S2)cn1. The molecule has 2 aliphatic heterocycles. The highest BCUT2D eigenvalue weighted by Gasteiger charge is 2.50. The third kappa shape index (κ3) is 1.67. The highest BCUT2D eigenvalue weighted by molar-refractivity contribution is 8.08. The molecule has 96 valence electrons. The predicted molar refractivity (Wildman–Crippen MR) is 69.3 cm³/mol. The van der Waals surface area contributed by atoms with E-state index in [2.05, 4.69) is 11.9 Å². The topological polar surface area (TPSA) is 58.4 Å². The zero-order chi connectivity index (χ0) is 12.7. The van der Waals surface area contributed by atoms with E-state index in [4.69, 9.17) is 5.11 Å². The lowest BCUT2D eigenvalue weighted by molar-refractivity contribution is -0.147. The van der Waals surface area contributed by atoms with Crippen molar-refractivity contribution in [2.24, 2.45) is 5.92 Å². The predicted octanol–water partition coefficient (Wildman–Crippen LogP) is 1.12. The largest absolute Gasteiger partial charge is 0.395 e. The van der Waals surface area contributed by atoms with Crippen LogP contribution in [-0.4, -0.2) is 37.4 Å². The van der Waals surface area contributed by atoms with Gasteiger partial charge in [0.15, 0.2) is 0 Å². The molecule has 5 nitrogen and oxygen atoms in total. The molecule has 0 spiro atoms. The van der Waals surface area contributed by atoms with E-state index in [0.717, 1.165) is 23.6 Å². The van der Waals surface area contributed by atoms with E-state index in [9.17, 15) is 4.79 Å². The van der Waals surface area contributed by atoms with Crippen molar-refractivity contribution in [2.45, 2.75) is 25.1 Å². The van der Waals surface area contributed by atoms with Gasteiger partial charge in [0.1, 0.15) is 5.37 Å². The van der Waals surface area contributed by atoms with Gasteiger partial charge in [0.2, 0.25) is 5.91 Å². The Labute approximate surface area is 109 Å². The molecule has 1 aromatic rings. The van der Waals surface area contributed by atoms with E-state index in [1.807, 2.05) is 17.0 Å². The van der Waals surface area contributed by atoms with Gasteiger partial charge >= 0.3 is 0 Å². The monoisotopic (exact) mass is 265 g/mol. The maximum absolute atomic E-state index is 11.6. The molecule has 0 radical (unpaired) electrons. The van der Waals surface area contributed by atoms with Gasteiger partial charge in [0.05, 0.1) is 29.6 Å². The molecule has 1 fully saturated rings. The van der Waals surface area contributed by atoms with Crippen LogP contribution in [0.15, 0.2) is 18.7 Å². The van der Waals surface area contributed by atoms with Crippen molar-refractivity contribution in [1.82, 2.24) is 14.5 Å². The number of aryl methyl sites for hydroxylation is 1. The fourth-order valence-corrected chi connectivity index (χ4v) is 3.55. The van der Waals surface area contributed by atoms with Gasteiger partial charge in [0.25, 0.3) is 0 Å². The van der Waals surface area contributed by atoms with Crippen molar-refractivity contribution in [3.8, 4) is 0 Å². The summed E-state index contributed by atoms with van der Waals surface area (Å²) in [7, 11) is 0. The minimum atomic E-state index is -0.248. The molecule has 0 unspecified atom stereocenters. The fourth-order valence-electron chi connectivity index (χ4n) is 2.26. The van der Waals surface area contributed by atoms with Gasteiger partial charge in [-0.2, -0.15) is 0 Å². The minimum absolute atomic E-state index is 0.0129. The van der Waals surface area contributed by atoms with Crippen LogP contribution in [0, 0.1) is 5.92 Å². The summed E-state index contributed by atoms with van der Waals surface area (Å²) in [5.74, 6) is -0.235. The van der Waals surface area contributed by atoms with E-state index < -0.39 is 0 Å². The van der Waals surface area contributed by atoms with Crippen molar-refractivity contribution >= 4 is 22.7 Å². The Morgan fingerprint density at radius 1 is 1.56 bits per heavy atom. The maximum atomic E-state index is 11.6. The Kier molecular flexibility index (Phi) is 2.91. The first kappa shape index (κ1) is 11.8. The summed E-state index contributed by atoms with van der Waals surface area (Å²) in [4.78, 5) is 17.7. The molecule has 0 aromatic carbocycles. The van der Waals surface area contributed by atoms with Crippen LogP contribution in [0.3, 0.4) is 0 Å². The van der Waals surface area contributed by atoms with E-state index in [0.29, 0.717) is 0 Å². The summed E-state index contributed by atoms with van der Waals surface area (Å²) in [6, 6.07) is 0. The Morgan fingerprint density at radius 2 is 2.39 bits per heavy atom. The molecule has 0 bridgehead atoms. The average Bonchev–Trinajstić information content (AvgIpc) is 2.95. The van der Waals surface area contributed by atoms with E-state index >= 15 is 0 Å². The fraction of sp³-hybridized carbons (Fsp3) is 0.500. The number of nitrogens with zero attached hydrogens (tertiary/aromatic N) is 3. The minimum Gasteiger partial charge on any atom is -0.395 e. The van der Waals surface area contributed by atoms with Crippen LogP contribution >= 0.6 is 11.8 Å². The number of hydrogen-bond acceptors (Lipinski definition) is 4. The summed E-state index contributed by atoms with van der Waals surface area (Å²) in [5, 5.41) is 10.2. The van der Waals surface area contributed by atoms with Gasteiger partial charge in [-0.3, -0.25) is 9.36 Å². The molecule has 3 rings (SSSR count). The molecular formula is C12H15N3O2S. The molecule has 0 saturated carbocycles. The average molecular weight is 265 g/mol. The van der Waals surface area contributed by atoms with E-state index in [1.165, 1.54) is 0 Å². The Morgan fingerprint density at radius 3 is 3.11 bits per heavy atom. The lowest BCUT2D eigenvalue weighted by Crippen LogP contribution is -2.55. The summed E-state index contributed by atoms with van der Waals surface area (Å²) in [6.07, 6.45) is 7.68. The Bertz CT molecular complexity index is 511. The van der Waals surface area contributed by atoms with Crippen molar-refractivity contribution in [2.75, 3.05) is 6.61 Å². The number of aliphatic hydroxyl groups excluding tert-OH is 1. The summed E-state index contributed by atoms with van der Waals surface area (Å²) in [6.45, 7) is 2.05. The first-order valence-electron chi connectivity index (χ1n) is 6.09. The van der Waals surface area contributed by atoms with Gasteiger partial charge < -0.3 is 10.0 Å². The van der Waals surface area contributed by atoms with Crippen molar-refractivity contribution in [3.05, 3.63) is 24.4 Å². The quantitative estimate of drug-likeness (QED) is 0.829. The van der Waals surface area contributed by atoms with Crippen LogP contribution in [0.2, 0.25) is 0 Å². The van der Waals surface area contributed by atoms with Gasteiger partial charge in [-0.25, -0.2) is 4.98 Å². The summed E-state index contributed by atoms with van der Waals surface area (Å²) < 4.78 is 1.95. The van der Waals surface area contributed by atoms with Gasteiger partial charge in [0, 0.05) is 12.4 Å². The number of imidazole rings is 1. The number of aliphatic hydroxyl groups is 1. The number of rotatable bonds is 4. The molecule has 1 amide bonds. The summed E-state index contributed by atoms with van der Waals surface area (Å²) >= 11 is 1.61. The lowest BCUT2D eigenvalue weighted by Gasteiger charge is -2.39. The van der Waals surface area contributed by atoms with E-state index in [1.54, 1.807) is 23.0 Å². The van der Waals surface area contributed by atoms with Crippen LogP contribution in [0.1, 0.15) is 19.0 Å². The molecule has 1 aromatic heterocycles. The molecule has 18 heavy (non-hydrogen) atoms. The number of fused-ring (bicyclic) bond motifs is 1. The second-order valence-electron chi connectivity index (χ2n) is 4.53. The van der Waals surface area contributed by atoms with Crippen LogP contribution in [0.5, 0.6) is 0 Å². The third-order valence-corrected chi connectivity index (χ3v) is 4.63. The zero-order valence-corrected chi connectivity index (χ0v) is 10.9. The first-order valence-corrected chi connectivity index (χ1v) is 6.97. The van der Waals surface area contributed by atoms with Crippen LogP contribution in [0.4, 0.5) is 0 Å². The standard InChI is InChI=1S/C12H15N3O2S/c1-2-3-8-4-14(7-13-8)10-5-15-11(17)9(6-16)12(15)18-10/h4-5,7,9,12,16H,2-3,6H2,1H3/t9-,12+/m0/s1. The third-order valence-electron chi connectivity index (χ3n) is 3.27. The molecule has 2 atom stereocenters.